The lowest BCUT2D eigenvalue weighted by Crippen LogP contribution is -2.45. The van der Waals surface area contributed by atoms with Crippen molar-refractivity contribution >= 4 is 11.9 Å². The lowest BCUT2D eigenvalue weighted by Gasteiger charge is -2.34. The number of hydrogen-bond donors (Lipinski definition) is 1. The number of urea groups is 1. The van der Waals surface area contributed by atoms with Gasteiger partial charge >= 0.3 is 6.03 Å². The van der Waals surface area contributed by atoms with Gasteiger partial charge in [0.15, 0.2) is 0 Å². The molecule has 1 aromatic rings. The molecule has 6 nitrogen and oxygen atoms in total. The van der Waals surface area contributed by atoms with E-state index in [1.54, 1.807) is 30.0 Å². The summed E-state index contributed by atoms with van der Waals surface area (Å²) in [6.07, 6.45) is 3.81. The largest absolute Gasteiger partial charge is 0.345 e. The average Bonchev–Trinajstić information content (AvgIpc) is 2.64. The molecule has 1 aliphatic rings. The second kappa shape index (κ2) is 9.57. The summed E-state index contributed by atoms with van der Waals surface area (Å²) in [5.41, 5.74) is 1.55. The fourth-order valence-corrected chi connectivity index (χ4v) is 3.25. The molecular formula is C20H32N4O2. The fraction of sp³-hybridized carbons (Fsp3) is 0.600. The number of nitrogens with zero attached hydrogens (tertiary/aromatic N) is 3. The first kappa shape index (κ1) is 20.2. The van der Waals surface area contributed by atoms with Crippen molar-refractivity contribution in [1.82, 2.24) is 20.0 Å². The highest BCUT2D eigenvalue weighted by atomic mass is 16.2. The normalized spacial score (nSPS) is 17.6. The number of likely N-dealkylation sites (tertiary alicyclic amines) is 1. The smallest absolute Gasteiger partial charge is 0.317 e. The summed E-state index contributed by atoms with van der Waals surface area (Å²) in [5.74, 6) is -0.0362. The van der Waals surface area contributed by atoms with E-state index in [1.165, 1.54) is 19.3 Å². The zero-order valence-corrected chi connectivity index (χ0v) is 16.5. The third kappa shape index (κ3) is 5.73. The Balaban J connectivity index is 1.80. The molecule has 1 N–H and O–H groups in total. The number of benzene rings is 1. The zero-order valence-electron chi connectivity index (χ0n) is 16.5. The van der Waals surface area contributed by atoms with Gasteiger partial charge in [-0.15, -0.1) is 0 Å². The molecule has 2 rings (SSSR count). The summed E-state index contributed by atoms with van der Waals surface area (Å²) >= 11 is 0. The van der Waals surface area contributed by atoms with Gasteiger partial charge in [-0.1, -0.05) is 18.6 Å². The first-order valence-corrected chi connectivity index (χ1v) is 9.42. The summed E-state index contributed by atoms with van der Waals surface area (Å²) in [7, 11) is 5.29. The maximum Gasteiger partial charge on any atom is 0.317 e. The third-order valence-corrected chi connectivity index (χ3v) is 5.03. The van der Waals surface area contributed by atoms with E-state index < -0.39 is 0 Å². The molecule has 0 bridgehead atoms. The van der Waals surface area contributed by atoms with Crippen LogP contribution in [-0.4, -0.2) is 73.5 Å². The number of carbonyl (C=O) groups excluding carboxylic acids is 2. The van der Waals surface area contributed by atoms with Gasteiger partial charge in [0, 0.05) is 52.4 Å². The van der Waals surface area contributed by atoms with Crippen LogP contribution in [0.25, 0.3) is 0 Å². The predicted molar refractivity (Wildman–Crippen MR) is 104 cm³/mol. The molecule has 0 aromatic heterocycles. The number of likely N-dealkylation sites (N-methyl/N-ethyl adjacent to an activating group) is 1. The van der Waals surface area contributed by atoms with Gasteiger partial charge < -0.3 is 15.1 Å². The summed E-state index contributed by atoms with van der Waals surface area (Å²) in [4.78, 5) is 30.1. The molecule has 1 saturated heterocycles. The first-order valence-electron chi connectivity index (χ1n) is 9.42. The van der Waals surface area contributed by atoms with Crippen molar-refractivity contribution in [3.63, 3.8) is 0 Å². The van der Waals surface area contributed by atoms with E-state index in [2.05, 4.69) is 17.1 Å². The van der Waals surface area contributed by atoms with Crippen molar-refractivity contribution in [2.45, 2.75) is 38.8 Å². The SMILES string of the molecule is CC1CCCCN1CCN(C)C(=O)NCc1cccc(C(=O)N(C)C)c1. The molecule has 26 heavy (non-hydrogen) atoms. The van der Waals surface area contributed by atoms with Crippen LogP contribution in [0.2, 0.25) is 0 Å². The van der Waals surface area contributed by atoms with Gasteiger partial charge in [-0.3, -0.25) is 9.69 Å². The Labute approximate surface area is 157 Å². The fourth-order valence-electron chi connectivity index (χ4n) is 3.25. The molecule has 0 saturated carbocycles. The molecule has 1 unspecified atom stereocenters. The summed E-state index contributed by atoms with van der Waals surface area (Å²) < 4.78 is 0. The van der Waals surface area contributed by atoms with Crippen LogP contribution in [0.5, 0.6) is 0 Å². The van der Waals surface area contributed by atoms with Crippen LogP contribution >= 0.6 is 0 Å². The van der Waals surface area contributed by atoms with Gasteiger partial charge in [0.25, 0.3) is 5.91 Å². The lowest BCUT2D eigenvalue weighted by atomic mass is 10.0. The summed E-state index contributed by atoms with van der Waals surface area (Å²) in [6.45, 7) is 5.44. The van der Waals surface area contributed by atoms with Gasteiger partial charge in [-0.05, 0) is 44.0 Å². The van der Waals surface area contributed by atoms with Crippen molar-refractivity contribution in [2.24, 2.45) is 0 Å². The number of piperidine rings is 1. The minimum absolute atomic E-state index is 0.0362. The Morgan fingerprint density at radius 2 is 2.00 bits per heavy atom. The zero-order chi connectivity index (χ0) is 19.1. The predicted octanol–water partition coefficient (Wildman–Crippen LogP) is 2.40. The highest BCUT2D eigenvalue weighted by molar-refractivity contribution is 5.94. The number of hydrogen-bond acceptors (Lipinski definition) is 3. The maximum atomic E-state index is 12.3. The number of nitrogens with one attached hydrogen (secondary N) is 1. The first-order chi connectivity index (χ1) is 12.4. The van der Waals surface area contributed by atoms with Crippen LogP contribution in [0.4, 0.5) is 4.79 Å². The highest BCUT2D eigenvalue weighted by Crippen LogP contribution is 2.15. The standard InChI is InChI=1S/C20H32N4O2/c1-16-8-5-6-11-24(16)13-12-23(4)20(26)21-15-17-9-7-10-18(14-17)19(25)22(2)3/h7,9-10,14,16H,5-6,8,11-13,15H2,1-4H3,(H,21,26). The van der Waals surface area contributed by atoms with Crippen molar-refractivity contribution in [2.75, 3.05) is 40.8 Å². The van der Waals surface area contributed by atoms with Crippen molar-refractivity contribution in [3.8, 4) is 0 Å². The van der Waals surface area contributed by atoms with Crippen LogP contribution in [-0.2, 0) is 6.54 Å². The second-order valence-electron chi connectivity index (χ2n) is 7.36. The van der Waals surface area contributed by atoms with E-state index in [0.29, 0.717) is 18.2 Å². The van der Waals surface area contributed by atoms with E-state index >= 15 is 0 Å². The van der Waals surface area contributed by atoms with Gasteiger partial charge in [0.1, 0.15) is 0 Å². The quantitative estimate of drug-likeness (QED) is 0.848. The van der Waals surface area contributed by atoms with Crippen LogP contribution in [0.1, 0.15) is 42.1 Å². The van der Waals surface area contributed by atoms with Gasteiger partial charge in [0.05, 0.1) is 0 Å². The molecule has 1 fully saturated rings. The van der Waals surface area contributed by atoms with Gasteiger partial charge in [0.2, 0.25) is 0 Å². The number of rotatable bonds is 6. The lowest BCUT2D eigenvalue weighted by molar-refractivity contribution is 0.0827. The molecule has 0 spiro atoms. The molecule has 1 aromatic carbocycles. The van der Waals surface area contributed by atoms with E-state index in [4.69, 9.17) is 0 Å². The number of amides is 3. The molecule has 0 radical (unpaired) electrons. The minimum Gasteiger partial charge on any atom is -0.345 e. The van der Waals surface area contributed by atoms with E-state index in [9.17, 15) is 9.59 Å². The molecule has 3 amide bonds. The van der Waals surface area contributed by atoms with Crippen LogP contribution < -0.4 is 5.32 Å². The maximum absolute atomic E-state index is 12.3. The molecule has 1 atom stereocenters. The van der Waals surface area contributed by atoms with E-state index in [0.717, 1.165) is 25.2 Å². The topological polar surface area (TPSA) is 55.9 Å². The van der Waals surface area contributed by atoms with Crippen LogP contribution in [0, 0.1) is 0 Å². The molecule has 0 aliphatic carbocycles. The van der Waals surface area contributed by atoms with Crippen LogP contribution in [0.3, 0.4) is 0 Å². The second-order valence-corrected chi connectivity index (χ2v) is 7.36. The Morgan fingerprint density at radius 1 is 1.23 bits per heavy atom. The van der Waals surface area contributed by atoms with Crippen LogP contribution in [0.15, 0.2) is 24.3 Å². The van der Waals surface area contributed by atoms with Crippen molar-refractivity contribution in [3.05, 3.63) is 35.4 Å². The molecule has 144 valence electrons. The number of carbonyl (C=O) groups is 2. The highest BCUT2D eigenvalue weighted by Gasteiger charge is 2.19. The Morgan fingerprint density at radius 3 is 2.69 bits per heavy atom. The summed E-state index contributed by atoms with van der Waals surface area (Å²) in [6, 6.07) is 7.91. The molecule has 1 heterocycles. The Bertz CT molecular complexity index is 618. The molecule has 1 aliphatic heterocycles. The van der Waals surface area contributed by atoms with E-state index in [1.807, 2.05) is 25.2 Å². The molecule has 6 heteroatoms. The third-order valence-electron chi connectivity index (χ3n) is 5.03. The van der Waals surface area contributed by atoms with Crippen molar-refractivity contribution in [1.29, 1.82) is 0 Å². The summed E-state index contributed by atoms with van der Waals surface area (Å²) in [5, 5.41) is 2.94. The Kier molecular flexibility index (Phi) is 7.45. The van der Waals surface area contributed by atoms with E-state index in [-0.39, 0.29) is 11.9 Å². The van der Waals surface area contributed by atoms with Gasteiger partial charge in [-0.25, -0.2) is 4.79 Å². The van der Waals surface area contributed by atoms with Gasteiger partial charge in [-0.2, -0.15) is 0 Å². The molecular weight excluding hydrogens is 328 g/mol. The monoisotopic (exact) mass is 360 g/mol. The Hall–Kier alpha value is -2.08. The van der Waals surface area contributed by atoms with Crippen molar-refractivity contribution < 1.29 is 9.59 Å². The minimum atomic E-state index is -0.0843. The average molecular weight is 361 g/mol.